The summed E-state index contributed by atoms with van der Waals surface area (Å²) in [6.07, 6.45) is 12.4. The van der Waals surface area contributed by atoms with Crippen LogP contribution in [0.1, 0.15) is 94.4 Å². The standard InChI is InChI=1S/C28H36N4O4/c33-24-22-23(31-27(36)32-24)30-25(29-22)28(26(34)35,17-19-12-6-2-7-13-19)21(20-14-8-3-9-15-20)16-18-10-4-1-5-11-18/h3,8-9,14-15,18-19,21H,1-2,4-7,10-13,16-17H2,(H,34,35)(H3,29,30,31,32,33,36). The number of benzene rings is 1. The molecule has 2 aliphatic rings. The molecule has 0 saturated heterocycles. The van der Waals surface area contributed by atoms with Crippen molar-refractivity contribution in [3.05, 3.63) is 62.6 Å². The molecule has 2 unspecified atom stereocenters. The Morgan fingerprint density at radius 2 is 1.56 bits per heavy atom. The van der Waals surface area contributed by atoms with Crippen LogP contribution in [-0.4, -0.2) is 31.0 Å². The topological polar surface area (TPSA) is 132 Å². The van der Waals surface area contributed by atoms with Gasteiger partial charge < -0.3 is 10.1 Å². The third kappa shape index (κ3) is 4.77. The van der Waals surface area contributed by atoms with Gasteiger partial charge >= 0.3 is 11.7 Å². The number of nitrogens with zero attached hydrogens (tertiary/aromatic N) is 1. The van der Waals surface area contributed by atoms with Crippen molar-refractivity contribution in [3.8, 4) is 0 Å². The Hall–Kier alpha value is -3.16. The Morgan fingerprint density at radius 1 is 0.917 bits per heavy atom. The van der Waals surface area contributed by atoms with Crippen LogP contribution in [0, 0.1) is 11.8 Å². The van der Waals surface area contributed by atoms with Crippen LogP contribution in [0.15, 0.2) is 39.9 Å². The smallest absolute Gasteiger partial charge is 0.327 e. The Balaban J connectivity index is 1.70. The highest BCUT2D eigenvalue weighted by molar-refractivity contribution is 5.83. The van der Waals surface area contributed by atoms with Gasteiger partial charge in [0, 0.05) is 5.92 Å². The van der Waals surface area contributed by atoms with Gasteiger partial charge in [0.1, 0.15) is 16.8 Å². The number of nitrogens with one attached hydrogen (secondary N) is 3. The summed E-state index contributed by atoms with van der Waals surface area (Å²) in [6.45, 7) is 0. The van der Waals surface area contributed by atoms with E-state index in [1.807, 2.05) is 30.3 Å². The fraction of sp³-hybridized carbons (Fsp3) is 0.571. The molecule has 2 fully saturated rings. The molecule has 0 amide bonds. The minimum absolute atomic E-state index is 0.109. The van der Waals surface area contributed by atoms with Crippen LogP contribution in [0.5, 0.6) is 0 Å². The molecule has 3 aromatic rings. The first-order valence-electron chi connectivity index (χ1n) is 13.5. The highest BCUT2D eigenvalue weighted by Crippen LogP contribution is 2.50. The second-order valence-electron chi connectivity index (χ2n) is 10.9. The summed E-state index contributed by atoms with van der Waals surface area (Å²) in [5.74, 6) is -0.254. The largest absolute Gasteiger partial charge is 0.480 e. The third-order valence-electron chi connectivity index (χ3n) is 8.62. The zero-order valence-electron chi connectivity index (χ0n) is 20.7. The van der Waals surface area contributed by atoms with Crippen molar-refractivity contribution in [3.63, 3.8) is 0 Å². The average Bonchev–Trinajstić information content (AvgIpc) is 3.32. The lowest BCUT2D eigenvalue weighted by molar-refractivity contribution is -0.146. The molecule has 2 heterocycles. The molecule has 0 radical (unpaired) electrons. The molecule has 8 nitrogen and oxygen atoms in total. The molecule has 192 valence electrons. The molecule has 0 spiro atoms. The van der Waals surface area contributed by atoms with Crippen LogP contribution in [0.4, 0.5) is 0 Å². The number of aliphatic carboxylic acids is 1. The number of imidazole rings is 1. The van der Waals surface area contributed by atoms with Gasteiger partial charge in [-0.15, -0.1) is 0 Å². The number of H-pyrrole nitrogens is 3. The maximum Gasteiger partial charge on any atom is 0.327 e. The summed E-state index contributed by atoms with van der Waals surface area (Å²) in [5, 5.41) is 11.1. The fourth-order valence-corrected chi connectivity index (χ4v) is 6.80. The van der Waals surface area contributed by atoms with Crippen molar-refractivity contribution in [2.24, 2.45) is 11.8 Å². The van der Waals surface area contributed by atoms with Gasteiger partial charge in [0.15, 0.2) is 5.65 Å². The van der Waals surface area contributed by atoms with Gasteiger partial charge in [0.25, 0.3) is 5.56 Å². The van der Waals surface area contributed by atoms with E-state index < -0.39 is 22.6 Å². The number of carboxylic acid groups (broad SMARTS) is 1. The van der Waals surface area contributed by atoms with E-state index in [1.54, 1.807) is 0 Å². The number of carboxylic acids is 1. The molecule has 5 rings (SSSR count). The zero-order valence-corrected chi connectivity index (χ0v) is 20.7. The molecule has 2 saturated carbocycles. The lowest BCUT2D eigenvalue weighted by Crippen LogP contribution is -2.45. The van der Waals surface area contributed by atoms with E-state index in [9.17, 15) is 19.5 Å². The molecule has 0 aliphatic heterocycles. The third-order valence-corrected chi connectivity index (χ3v) is 8.62. The minimum Gasteiger partial charge on any atom is -0.480 e. The summed E-state index contributed by atoms with van der Waals surface area (Å²) in [4.78, 5) is 50.6. The Kier molecular flexibility index (Phi) is 7.12. The van der Waals surface area contributed by atoms with Gasteiger partial charge in [-0.2, -0.15) is 0 Å². The number of hydrogen-bond acceptors (Lipinski definition) is 4. The molecule has 0 bridgehead atoms. The van der Waals surface area contributed by atoms with Crippen LogP contribution in [0.3, 0.4) is 0 Å². The fourth-order valence-electron chi connectivity index (χ4n) is 6.80. The number of carbonyl (C=O) groups is 1. The lowest BCUT2D eigenvalue weighted by Gasteiger charge is -2.41. The molecular formula is C28H36N4O4. The van der Waals surface area contributed by atoms with Gasteiger partial charge in [-0.1, -0.05) is 94.5 Å². The van der Waals surface area contributed by atoms with Crippen molar-refractivity contribution in [1.29, 1.82) is 0 Å². The lowest BCUT2D eigenvalue weighted by atomic mass is 9.61. The van der Waals surface area contributed by atoms with Crippen LogP contribution >= 0.6 is 0 Å². The van der Waals surface area contributed by atoms with E-state index in [2.05, 4.69) is 19.9 Å². The average molecular weight is 493 g/mol. The monoisotopic (exact) mass is 492 g/mol. The zero-order chi connectivity index (χ0) is 25.1. The highest BCUT2D eigenvalue weighted by Gasteiger charge is 2.52. The molecule has 4 N–H and O–H groups in total. The van der Waals surface area contributed by atoms with Gasteiger partial charge in [0.05, 0.1) is 0 Å². The van der Waals surface area contributed by atoms with Gasteiger partial charge in [0.2, 0.25) is 0 Å². The number of aromatic nitrogens is 4. The van der Waals surface area contributed by atoms with Gasteiger partial charge in [-0.05, 0) is 30.2 Å². The number of fused-ring (bicyclic) bond motifs is 1. The maximum absolute atomic E-state index is 13.6. The summed E-state index contributed by atoms with van der Waals surface area (Å²) in [6, 6.07) is 9.96. The van der Waals surface area contributed by atoms with Crippen molar-refractivity contribution < 1.29 is 9.90 Å². The number of aromatic amines is 3. The van der Waals surface area contributed by atoms with Crippen molar-refractivity contribution in [2.75, 3.05) is 0 Å². The summed E-state index contributed by atoms with van der Waals surface area (Å²) in [5.41, 5.74) is -1.37. The second-order valence-corrected chi connectivity index (χ2v) is 10.9. The van der Waals surface area contributed by atoms with E-state index in [4.69, 9.17) is 0 Å². The second kappa shape index (κ2) is 10.4. The minimum atomic E-state index is -1.34. The normalized spacial score (nSPS) is 20.2. The molecule has 8 heteroatoms. The van der Waals surface area contributed by atoms with E-state index in [0.29, 0.717) is 12.3 Å². The van der Waals surface area contributed by atoms with E-state index in [1.165, 1.54) is 25.7 Å². The molecular weight excluding hydrogens is 456 g/mol. The molecule has 36 heavy (non-hydrogen) atoms. The van der Waals surface area contributed by atoms with Crippen molar-refractivity contribution in [1.82, 2.24) is 19.9 Å². The first kappa shape index (κ1) is 24.5. The Bertz CT molecular complexity index is 1300. The molecule has 1 aromatic carbocycles. The first-order valence-corrected chi connectivity index (χ1v) is 13.5. The maximum atomic E-state index is 13.6. The van der Waals surface area contributed by atoms with Crippen LogP contribution < -0.4 is 11.2 Å². The Labute approximate surface area is 210 Å². The van der Waals surface area contributed by atoms with Crippen LogP contribution in [0.2, 0.25) is 0 Å². The van der Waals surface area contributed by atoms with Crippen LogP contribution in [-0.2, 0) is 10.2 Å². The summed E-state index contributed by atoms with van der Waals surface area (Å²) in [7, 11) is 0. The van der Waals surface area contributed by atoms with E-state index in [-0.39, 0.29) is 28.8 Å². The quantitative estimate of drug-likeness (QED) is 0.352. The highest BCUT2D eigenvalue weighted by atomic mass is 16.4. The number of hydrogen-bond donors (Lipinski definition) is 4. The molecule has 2 aromatic heterocycles. The summed E-state index contributed by atoms with van der Waals surface area (Å²) < 4.78 is 0. The SMILES string of the molecule is O=C(O)C(CC1CCCCC1)(c1nc2[nH]c(=O)[nH]c(=O)c2[nH]1)C(CC1CCCCC1)c1ccccc1. The predicted octanol–water partition coefficient (Wildman–Crippen LogP) is 4.99. The Morgan fingerprint density at radius 3 is 2.19 bits per heavy atom. The predicted molar refractivity (Wildman–Crippen MR) is 138 cm³/mol. The molecule has 2 aliphatic carbocycles. The molecule has 2 atom stereocenters. The number of rotatable bonds is 8. The summed E-state index contributed by atoms with van der Waals surface area (Å²) >= 11 is 0. The first-order chi connectivity index (χ1) is 17.5. The van der Waals surface area contributed by atoms with Crippen molar-refractivity contribution in [2.45, 2.75) is 88.4 Å². The van der Waals surface area contributed by atoms with E-state index in [0.717, 1.165) is 50.5 Å². The van der Waals surface area contributed by atoms with Gasteiger partial charge in [-0.25, -0.2) is 9.78 Å². The van der Waals surface area contributed by atoms with Gasteiger partial charge in [-0.3, -0.25) is 19.6 Å². The van der Waals surface area contributed by atoms with Crippen LogP contribution in [0.25, 0.3) is 11.2 Å². The van der Waals surface area contributed by atoms with E-state index >= 15 is 0 Å². The van der Waals surface area contributed by atoms with Crippen molar-refractivity contribution >= 4 is 17.1 Å².